The Balaban J connectivity index is 1.68. The fraction of sp³-hybridized carbons (Fsp3) is 0.417. The fourth-order valence-electron chi connectivity index (χ4n) is 3.27. The first-order valence-electron chi connectivity index (χ1n) is 10.3. The summed E-state index contributed by atoms with van der Waals surface area (Å²) in [4.78, 5) is 28.4. The van der Waals surface area contributed by atoms with Crippen molar-refractivity contribution in [3.05, 3.63) is 48.5 Å². The van der Waals surface area contributed by atoms with Gasteiger partial charge in [-0.1, -0.05) is 32.0 Å². The van der Waals surface area contributed by atoms with Crippen LogP contribution in [0.15, 0.2) is 53.4 Å². The Morgan fingerprint density at radius 1 is 1.20 bits per heavy atom. The highest BCUT2D eigenvalue weighted by Crippen LogP contribution is 2.38. The van der Waals surface area contributed by atoms with Gasteiger partial charge in [0.1, 0.15) is 12.4 Å². The number of carbonyl (C=O) groups is 2. The zero-order chi connectivity index (χ0) is 21.7. The van der Waals surface area contributed by atoms with Crippen molar-refractivity contribution in [3.63, 3.8) is 0 Å². The first-order chi connectivity index (χ1) is 14.3. The van der Waals surface area contributed by atoms with Gasteiger partial charge in [0.05, 0.1) is 11.1 Å². The number of benzene rings is 2. The Morgan fingerprint density at radius 2 is 1.93 bits per heavy atom. The molecule has 1 aliphatic rings. The molecule has 2 aromatic carbocycles. The minimum absolute atomic E-state index is 0.0394. The molecule has 0 saturated carbocycles. The zero-order valence-electron chi connectivity index (χ0n) is 18.1. The Bertz CT molecular complexity index is 897. The summed E-state index contributed by atoms with van der Waals surface area (Å²) in [5.74, 6) is 1.69. The number of thioether (sulfide) groups is 1. The van der Waals surface area contributed by atoms with Crippen LogP contribution in [0.25, 0.3) is 0 Å². The minimum atomic E-state index is -0.605. The van der Waals surface area contributed by atoms with Gasteiger partial charge < -0.3 is 15.0 Å². The molecule has 0 fully saturated rings. The Hall–Kier alpha value is -2.47. The molecule has 3 rings (SSSR count). The van der Waals surface area contributed by atoms with Gasteiger partial charge in [0.2, 0.25) is 11.8 Å². The number of ether oxygens (including phenoxy) is 1. The van der Waals surface area contributed by atoms with E-state index >= 15 is 0 Å². The van der Waals surface area contributed by atoms with Crippen LogP contribution in [0.1, 0.15) is 34.1 Å². The van der Waals surface area contributed by atoms with Crippen molar-refractivity contribution in [2.45, 2.75) is 39.0 Å². The summed E-state index contributed by atoms with van der Waals surface area (Å²) in [6.45, 7) is 8.92. The maximum atomic E-state index is 13.0. The number of nitrogens with zero attached hydrogens (tertiary/aromatic N) is 1. The van der Waals surface area contributed by atoms with Gasteiger partial charge in [-0.15, -0.1) is 11.8 Å². The van der Waals surface area contributed by atoms with Crippen molar-refractivity contribution in [2.24, 2.45) is 11.3 Å². The van der Waals surface area contributed by atoms with Gasteiger partial charge in [0, 0.05) is 35.4 Å². The van der Waals surface area contributed by atoms with Crippen LogP contribution in [-0.4, -0.2) is 30.7 Å². The molecule has 0 radical (unpaired) electrons. The molecule has 1 aliphatic heterocycles. The second kappa shape index (κ2) is 9.56. The molecule has 6 heteroatoms. The van der Waals surface area contributed by atoms with Gasteiger partial charge in [-0.05, 0) is 44.0 Å². The Kier molecular flexibility index (Phi) is 7.08. The number of anilines is 2. The summed E-state index contributed by atoms with van der Waals surface area (Å²) in [6, 6.07) is 15.6. The van der Waals surface area contributed by atoms with Crippen LogP contribution in [-0.2, 0) is 9.59 Å². The largest absolute Gasteiger partial charge is 0.490 e. The average Bonchev–Trinajstić information content (AvgIpc) is 2.79. The lowest BCUT2D eigenvalue weighted by Gasteiger charge is -2.29. The highest BCUT2D eigenvalue weighted by Gasteiger charge is 2.38. The number of fused-ring (bicyclic) bond motifs is 1. The normalized spacial score (nSPS) is 15.4. The van der Waals surface area contributed by atoms with E-state index in [2.05, 4.69) is 19.2 Å². The van der Waals surface area contributed by atoms with Gasteiger partial charge in [0.15, 0.2) is 0 Å². The van der Waals surface area contributed by atoms with E-state index in [1.165, 1.54) is 0 Å². The van der Waals surface area contributed by atoms with E-state index in [-0.39, 0.29) is 11.8 Å². The second-order valence-corrected chi connectivity index (χ2v) is 9.79. The third-order valence-electron chi connectivity index (χ3n) is 4.84. The van der Waals surface area contributed by atoms with Crippen molar-refractivity contribution < 1.29 is 14.3 Å². The van der Waals surface area contributed by atoms with Gasteiger partial charge >= 0.3 is 0 Å². The topological polar surface area (TPSA) is 58.6 Å². The monoisotopic (exact) mass is 426 g/mol. The highest BCUT2D eigenvalue weighted by atomic mass is 32.2. The minimum Gasteiger partial charge on any atom is -0.490 e. The van der Waals surface area contributed by atoms with Crippen LogP contribution in [0, 0.1) is 11.3 Å². The summed E-state index contributed by atoms with van der Waals surface area (Å²) in [5.41, 5.74) is 0.837. The number of nitrogens with one attached hydrogen (secondary N) is 1. The van der Waals surface area contributed by atoms with E-state index in [4.69, 9.17) is 4.74 Å². The molecule has 5 nitrogen and oxygen atoms in total. The van der Waals surface area contributed by atoms with E-state index in [0.29, 0.717) is 42.7 Å². The van der Waals surface area contributed by atoms with Crippen LogP contribution in [0.2, 0.25) is 0 Å². The summed E-state index contributed by atoms with van der Waals surface area (Å²) < 4.78 is 5.99. The molecular formula is C24H30N2O3S. The molecule has 0 unspecified atom stereocenters. The van der Waals surface area contributed by atoms with Crippen molar-refractivity contribution in [2.75, 3.05) is 29.1 Å². The summed E-state index contributed by atoms with van der Waals surface area (Å²) >= 11 is 1.66. The molecule has 2 aromatic rings. The van der Waals surface area contributed by atoms with Gasteiger partial charge in [-0.3, -0.25) is 9.59 Å². The molecule has 0 aliphatic carbocycles. The van der Waals surface area contributed by atoms with Gasteiger partial charge in [0.25, 0.3) is 0 Å². The number of carbonyl (C=O) groups excluding carboxylic acids is 2. The van der Waals surface area contributed by atoms with Crippen LogP contribution >= 0.6 is 11.8 Å². The van der Waals surface area contributed by atoms with Crippen LogP contribution < -0.4 is 15.0 Å². The molecule has 0 aromatic heterocycles. The lowest BCUT2D eigenvalue weighted by Crippen LogP contribution is -2.43. The van der Waals surface area contributed by atoms with E-state index in [0.717, 1.165) is 10.6 Å². The third-order valence-corrected chi connectivity index (χ3v) is 5.85. The average molecular weight is 427 g/mol. The number of hydrogen-bond acceptors (Lipinski definition) is 4. The molecule has 2 amide bonds. The van der Waals surface area contributed by atoms with Crippen LogP contribution in [0.5, 0.6) is 5.75 Å². The number of rotatable bonds is 7. The van der Waals surface area contributed by atoms with Crippen molar-refractivity contribution >= 4 is 35.0 Å². The van der Waals surface area contributed by atoms with E-state index < -0.39 is 5.41 Å². The molecule has 1 N–H and O–H groups in total. The predicted molar refractivity (Wildman–Crippen MR) is 123 cm³/mol. The molecule has 0 saturated heterocycles. The predicted octanol–water partition coefficient (Wildman–Crippen LogP) is 5.22. The lowest BCUT2D eigenvalue weighted by molar-refractivity contribution is -0.127. The molecule has 160 valence electrons. The quantitative estimate of drug-likeness (QED) is 0.617. The molecule has 0 spiro atoms. The van der Waals surface area contributed by atoms with Crippen molar-refractivity contribution in [3.8, 4) is 5.75 Å². The Morgan fingerprint density at radius 3 is 2.63 bits per heavy atom. The van der Waals surface area contributed by atoms with Gasteiger partial charge in [-0.25, -0.2) is 0 Å². The zero-order valence-corrected chi connectivity index (χ0v) is 18.9. The molecule has 0 bridgehead atoms. The molecular weight excluding hydrogens is 396 g/mol. The number of hydrogen-bond donors (Lipinski definition) is 1. The van der Waals surface area contributed by atoms with Crippen LogP contribution in [0.4, 0.5) is 11.4 Å². The highest BCUT2D eigenvalue weighted by molar-refractivity contribution is 7.99. The smallest absolute Gasteiger partial charge is 0.236 e. The lowest BCUT2D eigenvalue weighted by atomic mass is 9.92. The maximum Gasteiger partial charge on any atom is 0.236 e. The van der Waals surface area contributed by atoms with Gasteiger partial charge in [-0.2, -0.15) is 0 Å². The third kappa shape index (κ3) is 5.57. The fourth-order valence-corrected chi connectivity index (χ4v) is 4.15. The first kappa shape index (κ1) is 22.2. The summed E-state index contributed by atoms with van der Waals surface area (Å²) in [6.07, 6.45) is 0.419. The van der Waals surface area contributed by atoms with E-state index in [1.807, 2.05) is 67.3 Å². The molecule has 0 atom stereocenters. The van der Waals surface area contributed by atoms with Crippen LogP contribution in [0.3, 0.4) is 0 Å². The maximum absolute atomic E-state index is 13.0. The summed E-state index contributed by atoms with van der Waals surface area (Å²) in [5, 5.41) is 2.95. The van der Waals surface area contributed by atoms with Crippen molar-refractivity contribution in [1.82, 2.24) is 0 Å². The van der Waals surface area contributed by atoms with Crippen molar-refractivity contribution in [1.29, 1.82) is 0 Å². The molecule has 30 heavy (non-hydrogen) atoms. The Labute approximate surface area is 183 Å². The SMILES string of the molecule is CC(C)CN1C(=O)C(C)(C)COc2cc(NC(=O)CCSc3ccccc3)ccc21. The van der Waals surface area contributed by atoms with E-state index in [1.54, 1.807) is 11.8 Å². The second-order valence-electron chi connectivity index (χ2n) is 8.62. The number of amides is 2. The first-order valence-corrected chi connectivity index (χ1v) is 11.3. The van der Waals surface area contributed by atoms with E-state index in [9.17, 15) is 9.59 Å². The summed E-state index contributed by atoms with van der Waals surface area (Å²) in [7, 11) is 0. The standard InChI is InChI=1S/C24H30N2O3S/c1-17(2)15-26-20-11-10-18(14-21(20)29-16-24(3,4)23(26)28)25-22(27)12-13-30-19-8-6-5-7-9-19/h5-11,14,17H,12-13,15-16H2,1-4H3,(H,25,27). The molecule has 1 heterocycles.